The van der Waals surface area contributed by atoms with Crippen LogP contribution in [0.15, 0.2) is 27.8 Å². The third-order valence-electron chi connectivity index (χ3n) is 2.31. The highest BCUT2D eigenvalue weighted by atomic mass is 79.9. The van der Waals surface area contributed by atoms with E-state index in [4.69, 9.17) is 16.3 Å². The number of aromatic amines is 1. The molecule has 0 radical (unpaired) electrons. The van der Waals surface area contributed by atoms with E-state index in [1.807, 2.05) is 19.1 Å². The first-order chi connectivity index (χ1) is 9.19. The molecular weight excluding hydrogens is 350 g/mol. The number of H-pyrrole nitrogens is 1. The molecule has 0 bridgehead atoms. The number of thioether (sulfide) groups is 1. The van der Waals surface area contributed by atoms with Gasteiger partial charge in [-0.25, -0.2) is 4.98 Å². The largest absolute Gasteiger partial charge is 0.492 e. The van der Waals surface area contributed by atoms with Crippen LogP contribution in [0.25, 0.3) is 0 Å². The van der Waals surface area contributed by atoms with Gasteiger partial charge in [-0.05, 0) is 34.1 Å². The Kier molecular flexibility index (Phi) is 5.54. The number of aromatic nitrogens is 3. The van der Waals surface area contributed by atoms with Crippen LogP contribution in [0.4, 0.5) is 0 Å². The zero-order valence-corrected chi connectivity index (χ0v) is 13.5. The van der Waals surface area contributed by atoms with Gasteiger partial charge < -0.3 is 4.74 Å². The van der Waals surface area contributed by atoms with Gasteiger partial charge >= 0.3 is 0 Å². The molecule has 0 aliphatic carbocycles. The number of hydrogen-bond acceptors (Lipinski definition) is 4. The van der Waals surface area contributed by atoms with E-state index in [0.29, 0.717) is 11.6 Å². The molecule has 0 saturated heterocycles. The SMILES string of the molecule is CCc1nc(SCCOc2ccc(Cl)cc2Br)n[nH]1. The quantitative estimate of drug-likeness (QED) is 0.624. The van der Waals surface area contributed by atoms with Gasteiger partial charge in [0.05, 0.1) is 11.1 Å². The predicted octanol–water partition coefficient (Wildman–Crippen LogP) is 3.95. The Labute approximate surface area is 129 Å². The summed E-state index contributed by atoms with van der Waals surface area (Å²) in [5, 5.41) is 8.43. The van der Waals surface area contributed by atoms with Gasteiger partial charge in [0.2, 0.25) is 5.16 Å². The van der Waals surface area contributed by atoms with Gasteiger partial charge in [-0.3, -0.25) is 5.10 Å². The lowest BCUT2D eigenvalue weighted by molar-refractivity contribution is 0.341. The Bertz CT molecular complexity index is 550. The summed E-state index contributed by atoms with van der Waals surface area (Å²) in [5.74, 6) is 2.48. The van der Waals surface area contributed by atoms with E-state index in [1.54, 1.807) is 17.8 Å². The van der Waals surface area contributed by atoms with Crippen molar-refractivity contribution < 1.29 is 4.74 Å². The monoisotopic (exact) mass is 361 g/mol. The Balaban J connectivity index is 1.77. The molecule has 0 aliphatic rings. The fraction of sp³-hybridized carbons (Fsp3) is 0.333. The Morgan fingerprint density at radius 1 is 1.47 bits per heavy atom. The van der Waals surface area contributed by atoms with Crippen molar-refractivity contribution >= 4 is 39.3 Å². The summed E-state index contributed by atoms with van der Waals surface area (Å²) in [4.78, 5) is 4.32. The molecule has 102 valence electrons. The number of nitrogens with one attached hydrogen (secondary N) is 1. The normalized spacial score (nSPS) is 10.7. The third-order valence-corrected chi connectivity index (χ3v) is 3.98. The number of nitrogens with zero attached hydrogens (tertiary/aromatic N) is 2. The van der Waals surface area contributed by atoms with E-state index in [2.05, 4.69) is 31.1 Å². The Hall–Kier alpha value is -0.720. The molecule has 0 atom stereocenters. The van der Waals surface area contributed by atoms with E-state index < -0.39 is 0 Å². The van der Waals surface area contributed by atoms with Crippen LogP contribution in [0.5, 0.6) is 5.75 Å². The lowest BCUT2D eigenvalue weighted by Crippen LogP contribution is -2.00. The molecule has 4 nitrogen and oxygen atoms in total. The Morgan fingerprint density at radius 3 is 3.00 bits per heavy atom. The number of halogens is 2. The van der Waals surface area contributed by atoms with Crippen LogP contribution in [-0.2, 0) is 6.42 Å². The first kappa shape index (κ1) is 14.7. The van der Waals surface area contributed by atoms with E-state index >= 15 is 0 Å². The smallest absolute Gasteiger partial charge is 0.208 e. The molecule has 2 aromatic rings. The topological polar surface area (TPSA) is 50.8 Å². The second-order valence-corrected chi connectivity index (χ2v) is 6.04. The van der Waals surface area contributed by atoms with Gasteiger partial charge in [0.1, 0.15) is 11.6 Å². The standard InChI is InChI=1S/C12H13BrClN3OS/c1-2-11-15-12(17-16-11)19-6-5-18-10-4-3-8(14)7-9(10)13/h3-4,7H,2,5-6H2,1H3,(H,15,16,17). The molecule has 1 aromatic heterocycles. The number of benzene rings is 1. The Morgan fingerprint density at radius 2 is 2.32 bits per heavy atom. The summed E-state index contributed by atoms with van der Waals surface area (Å²) in [5.41, 5.74) is 0. The zero-order chi connectivity index (χ0) is 13.7. The van der Waals surface area contributed by atoms with Gasteiger partial charge in [0.15, 0.2) is 0 Å². The minimum absolute atomic E-state index is 0.584. The van der Waals surface area contributed by atoms with Crippen molar-refractivity contribution in [2.24, 2.45) is 0 Å². The van der Waals surface area contributed by atoms with Gasteiger partial charge in [-0.1, -0.05) is 30.3 Å². The summed E-state index contributed by atoms with van der Waals surface area (Å²) in [6, 6.07) is 5.46. The molecule has 0 saturated carbocycles. The van der Waals surface area contributed by atoms with Crippen molar-refractivity contribution in [3.05, 3.63) is 33.5 Å². The fourth-order valence-corrected chi connectivity index (χ4v) is 2.81. The van der Waals surface area contributed by atoms with Crippen molar-refractivity contribution in [1.82, 2.24) is 15.2 Å². The molecule has 0 fully saturated rings. The predicted molar refractivity (Wildman–Crippen MR) is 81.1 cm³/mol. The molecule has 1 heterocycles. The van der Waals surface area contributed by atoms with E-state index in [9.17, 15) is 0 Å². The maximum Gasteiger partial charge on any atom is 0.208 e. The van der Waals surface area contributed by atoms with Gasteiger partial charge in [0, 0.05) is 17.2 Å². The van der Waals surface area contributed by atoms with E-state index in [1.165, 1.54) is 0 Å². The molecule has 7 heteroatoms. The van der Waals surface area contributed by atoms with Crippen LogP contribution in [0.2, 0.25) is 5.02 Å². The molecule has 2 rings (SSSR count). The average Bonchev–Trinajstić information content (AvgIpc) is 2.84. The van der Waals surface area contributed by atoms with Crippen LogP contribution >= 0.6 is 39.3 Å². The molecule has 1 aromatic carbocycles. The fourth-order valence-electron chi connectivity index (χ4n) is 1.38. The third kappa shape index (κ3) is 4.40. The summed E-state index contributed by atoms with van der Waals surface area (Å²) in [6.45, 7) is 2.62. The molecule has 0 unspecified atom stereocenters. The molecule has 1 N–H and O–H groups in total. The maximum atomic E-state index is 5.86. The second kappa shape index (κ2) is 7.17. The summed E-state index contributed by atoms with van der Waals surface area (Å²) >= 11 is 10.8. The van der Waals surface area contributed by atoms with Crippen LogP contribution in [0, 0.1) is 0 Å². The highest BCUT2D eigenvalue weighted by Gasteiger charge is 2.04. The van der Waals surface area contributed by atoms with Crippen LogP contribution in [-0.4, -0.2) is 27.5 Å². The van der Waals surface area contributed by atoms with Crippen molar-refractivity contribution in [2.45, 2.75) is 18.5 Å². The minimum Gasteiger partial charge on any atom is -0.492 e. The first-order valence-electron chi connectivity index (χ1n) is 5.81. The molecule has 0 spiro atoms. The maximum absolute atomic E-state index is 5.86. The number of rotatable bonds is 6. The summed E-state index contributed by atoms with van der Waals surface area (Å²) in [7, 11) is 0. The molecule has 0 amide bonds. The number of ether oxygens (including phenoxy) is 1. The van der Waals surface area contributed by atoms with Gasteiger partial charge in [-0.2, -0.15) is 0 Å². The zero-order valence-electron chi connectivity index (χ0n) is 10.3. The lowest BCUT2D eigenvalue weighted by atomic mass is 10.3. The van der Waals surface area contributed by atoms with Crippen molar-refractivity contribution in [3.8, 4) is 5.75 Å². The molecule has 0 aliphatic heterocycles. The van der Waals surface area contributed by atoms with Crippen molar-refractivity contribution in [2.75, 3.05) is 12.4 Å². The van der Waals surface area contributed by atoms with Crippen LogP contribution in [0.1, 0.15) is 12.7 Å². The first-order valence-corrected chi connectivity index (χ1v) is 7.96. The highest BCUT2D eigenvalue weighted by Crippen LogP contribution is 2.28. The highest BCUT2D eigenvalue weighted by molar-refractivity contribution is 9.10. The molecule has 19 heavy (non-hydrogen) atoms. The summed E-state index contributed by atoms with van der Waals surface area (Å²) in [6.07, 6.45) is 0.863. The van der Waals surface area contributed by atoms with Crippen LogP contribution < -0.4 is 4.74 Å². The van der Waals surface area contributed by atoms with E-state index in [0.717, 1.165) is 33.4 Å². The lowest BCUT2D eigenvalue weighted by Gasteiger charge is -2.07. The van der Waals surface area contributed by atoms with Gasteiger partial charge in [-0.15, -0.1) is 5.10 Å². The van der Waals surface area contributed by atoms with Crippen molar-refractivity contribution in [1.29, 1.82) is 0 Å². The summed E-state index contributed by atoms with van der Waals surface area (Å²) < 4.78 is 6.51. The number of hydrogen-bond donors (Lipinski definition) is 1. The average molecular weight is 363 g/mol. The van der Waals surface area contributed by atoms with Crippen LogP contribution in [0.3, 0.4) is 0 Å². The van der Waals surface area contributed by atoms with E-state index in [-0.39, 0.29) is 0 Å². The molecular formula is C12H13BrClN3OS. The van der Waals surface area contributed by atoms with Crippen molar-refractivity contribution in [3.63, 3.8) is 0 Å². The number of aryl methyl sites for hydroxylation is 1. The second-order valence-electron chi connectivity index (χ2n) is 3.69. The minimum atomic E-state index is 0.584. The van der Waals surface area contributed by atoms with Gasteiger partial charge in [0.25, 0.3) is 0 Å².